The Kier molecular flexibility index (Phi) is 8.65. The van der Waals surface area contributed by atoms with Gasteiger partial charge in [0.25, 0.3) is 0 Å². The molecule has 38 heavy (non-hydrogen) atoms. The van der Waals surface area contributed by atoms with Crippen molar-refractivity contribution in [3.8, 4) is 5.75 Å². The number of carbonyl (C=O) groups is 1. The summed E-state index contributed by atoms with van der Waals surface area (Å²) in [6.45, 7) is 8.57. The van der Waals surface area contributed by atoms with Gasteiger partial charge >= 0.3 is 6.03 Å². The summed E-state index contributed by atoms with van der Waals surface area (Å²) in [5.41, 5.74) is 5.02. The van der Waals surface area contributed by atoms with Crippen molar-refractivity contribution >= 4 is 6.03 Å². The van der Waals surface area contributed by atoms with Crippen LogP contribution in [0.4, 0.5) is 4.79 Å². The van der Waals surface area contributed by atoms with Crippen LogP contribution >= 0.6 is 0 Å². The number of fused-ring (bicyclic) bond motifs is 1. The van der Waals surface area contributed by atoms with Gasteiger partial charge < -0.3 is 15.0 Å². The van der Waals surface area contributed by atoms with Gasteiger partial charge in [-0.2, -0.15) is 0 Å². The van der Waals surface area contributed by atoms with E-state index in [1.807, 2.05) is 0 Å². The van der Waals surface area contributed by atoms with E-state index in [0.29, 0.717) is 12.5 Å². The van der Waals surface area contributed by atoms with Crippen molar-refractivity contribution in [3.05, 3.63) is 101 Å². The van der Waals surface area contributed by atoms with Crippen molar-refractivity contribution in [2.24, 2.45) is 5.92 Å². The largest absolute Gasteiger partial charge is 0.493 e. The van der Waals surface area contributed by atoms with Crippen LogP contribution in [0.1, 0.15) is 61.4 Å². The number of hydrogen-bond donors (Lipinski definition) is 1. The maximum atomic E-state index is 13.7. The second kappa shape index (κ2) is 12.5. The molecule has 0 aliphatic carbocycles. The van der Waals surface area contributed by atoms with Crippen molar-refractivity contribution in [2.75, 3.05) is 26.2 Å². The Morgan fingerprint density at radius 1 is 0.921 bits per heavy atom. The smallest absolute Gasteiger partial charge is 0.318 e. The van der Waals surface area contributed by atoms with Crippen molar-refractivity contribution in [2.45, 2.75) is 58.2 Å². The van der Waals surface area contributed by atoms with E-state index in [4.69, 9.17) is 4.74 Å². The predicted molar refractivity (Wildman–Crippen MR) is 153 cm³/mol. The van der Waals surface area contributed by atoms with Crippen LogP contribution in [0.2, 0.25) is 0 Å². The Morgan fingerprint density at radius 3 is 2.42 bits per heavy atom. The van der Waals surface area contributed by atoms with E-state index in [0.717, 1.165) is 57.7 Å². The van der Waals surface area contributed by atoms with Crippen LogP contribution in [0, 0.1) is 5.92 Å². The van der Waals surface area contributed by atoms with Crippen LogP contribution in [-0.2, 0) is 13.0 Å². The lowest BCUT2D eigenvalue weighted by Gasteiger charge is -2.43. The maximum absolute atomic E-state index is 13.7. The molecule has 0 radical (unpaired) electrons. The van der Waals surface area contributed by atoms with Gasteiger partial charge in [0.2, 0.25) is 0 Å². The maximum Gasteiger partial charge on any atom is 0.318 e. The molecule has 1 unspecified atom stereocenters. The first kappa shape index (κ1) is 26.3. The zero-order valence-electron chi connectivity index (χ0n) is 22.8. The number of para-hydroxylation sites is 1. The molecule has 2 aliphatic heterocycles. The second-order valence-electron chi connectivity index (χ2n) is 11.1. The van der Waals surface area contributed by atoms with Crippen molar-refractivity contribution in [1.29, 1.82) is 0 Å². The standard InChI is InChI=1S/C33H41N3O2/c1-25(2)24-38-31-17-9-7-14-28(31)23-35-21-18-29(19-22-35)36-32(27-12-4-3-5-13-27)30-16-8-6-11-26(30)15-10-20-34-33(36)37/h3-9,11-14,16-17,25,29,32H,10,15,18-24H2,1-2H3,(H,34,37). The molecule has 5 rings (SSSR count). The highest BCUT2D eigenvalue weighted by atomic mass is 16.5. The van der Waals surface area contributed by atoms with E-state index < -0.39 is 0 Å². The SMILES string of the molecule is CC(C)COc1ccccc1CN1CCC(N2C(=O)NCCCc3ccccc3C2c2ccccc2)CC1. The first-order valence-corrected chi connectivity index (χ1v) is 14.2. The molecule has 2 amide bonds. The number of benzene rings is 3. The third-order valence-corrected chi connectivity index (χ3v) is 7.77. The molecule has 1 N–H and O–H groups in total. The van der Waals surface area contributed by atoms with Gasteiger partial charge in [0, 0.05) is 37.8 Å². The quantitative estimate of drug-likeness (QED) is 0.397. The van der Waals surface area contributed by atoms with Gasteiger partial charge in [-0.3, -0.25) is 4.90 Å². The summed E-state index contributed by atoms with van der Waals surface area (Å²) in [5.74, 6) is 1.48. The number of amides is 2. The molecule has 5 nitrogen and oxygen atoms in total. The number of urea groups is 1. The summed E-state index contributed by atoms with van der Waals surface area (Å²) in [5, 5.41) is 3.24. The van der Waals surface area contributed by atoms with Crippen LogP contribution in [0.5, 0.6) is 5.75 Å². The van der Waals surface area contributed by atoms with E-state index in [9.17, 15) is 4.79 Å². The summed E-state index contributed by atoms with van der Waals surface area (Å²) in [6, 6.07) is 27.8. The van der Waals surface area contributed by atoms with Crippen LogP contribution in [-0.4, -0.2) is 48.1 Å². The zero-order valence-corrected chi connectivity index (χ0v) is 22.8. The molecule has 0 aromatic heterocycles. The molecule has 1 fully saturated rings. The van der Waals surface area contributed by atoms with Crippen LogP contribution in [0.15, 0.2) is 78.9 Å². The highest BCUT2D eigenvalue weighted by molar-refractivity contribution is 5.76. The Bertz CT molecular complexity index is 1190. The molecule has 2 heterocycles. The first-order valence-electron chi connectivity index (χ1n) is 14.2. The Balaban J connectivity index is 1.37. The van der Waals surface area contributed by atoms with Crippen LogP contribution in [0.25, 0.3) is 0 Å². The lowest BCUT2D eigenvalue weighted by atomic mass is 9.89. The molecule has 200 valence electrons. The topological polar surface area (TPSA) is 44.8 Å². The summed E-state index contributed by atoms with van der Waals surface area (Å²) in [7, 11) is 0. The third-order valence-electron chi connectivity index (χ3n) is 7.77. The number of aryl methyl sites for hydroxylation is 1. The molecule has 1 saturated heterocycles. The lowest BCUT2D eigenvalue weighted by Crippen LogP contribution is -2.52. The minimum absolute atomic E-state index is 0.0569. The fourth-order valence-electron chi connectivity index (χ4n) is 5.84. The van der Waals surface area contributed by atoms with E-state index in [-0.39, 0.29) is 18.1 Å². The molecule has 3 aromatic carbocycles. The molecular weight excluding hydrogens is 470 g/mol. The fraction of sp³-hybridized carbons (Fsp3) is 0.424. The van der Waals surface area contributed by atoms with Gasteiger partial charge in [0.15, 0.2) is 0 Å². The molecule has 3 aromatic rings. The molecule has 0 bridgehead atoms. The van der Waals surface area contributed by atoms with Crippen molar-refractivity contribution in [1.82, 2.24) is 15.1 Å². The second-order valence-corrected chi connectivity index (χ2v) is 11.1. The van der Waals surface area contributed by atoms with Gasteiger partial charge in [-0.05, 0) is 54.4 Å². The Hall–Kier alpha value is -3.31. The van der Waals surface area contributed by atoms with Crippen molar-refractivity contribution in [3.63, 3.8) is 0 Å². The van der Waals surface area contributed by atoms with Gasteiger partial charge in [-0.1, -0.05) is 86.6 Å². The number of nitrogens with one attached hydrogen (secondary N) is 1. The number of ether oxygens (including phenoxy) is 1. The monoisotopic (exact) mass is 511 g/mol. The number of rotatable bonds is 7. The van der Waals surface area contributed by atoms with Crippen LogP contribution in [0.3, 0.4) is 0 Å². The highest BCUT2D eigenvalue weighted by Gasteiger charge is 2.36. The van der Waals surface area contributed by atoms with E-state index in [1.54, 1.807) is 0 Å². The third kappa shape index (κ3) is 6.21. The van der Waals surface area contributed by atoms with E-state index in [1.165, 1.54) is 22.3 Å². The Morgan fingerprint density at radius 2 is 1.63 bits per heavy atom. The molecule has 2 aliphatic rings. The summed E-state index contributed by atoms with van der Waals surface area (Å²) < 4.78 is 6.12. The van der Waals surface area contributed by atoms with Gasteiger partial charge in [-0.25, -0.2) is 4.79 Å². The van der Waals surface area contributed by atoms with Crippen molar-refractivity contribution < 1.29 is 9.53 Å². The predicted octanol–water partition coefficient (Wildman–Crippen LogP) is 6.43. The Labute approximate surface area is 227 Å². The average molecular weight is 512 g/mol. The molecular formula is C33H41N3O2. The molecule has 0 spiro atoms. The molecule has 5 heteroatoms. The lowest BCUT2D eigenvalue weighted by molar-refractivity contribution is 0.101. The summed E-state index contributed by atoms with van der Waals surface area (Å²) in [4.78, 5) is 18.4. The van der Waals surface area contributed by atoms with Crippen LogP contribution < -0.4 is 10.1 Å². The fourth-order valence-corrected chi connectivity index (χ4v) is 5.84. The van der Waals surface area contributed by atoms with E-state index in [2.05, 4.69) is 108 Å². The summed E-state index contributed by atoms with van der Waals surface area (Å²) in [6.07, 6.45) is 3.83. The van der Waals surface area contributed by atoms with E-state index >= 15 is 0 Å². The number of carbonyl (C=O) groups excluding carboxylic acids is 1. The zero-order chi connectivity index (χ0) is 26.3. The first-order chi connectivity index (χ1) is 18.6. The average Bonchev–Trinajstić information content (AvgIpc) is 3.01. The number of nitrogens with zero attached hydrogens (tertiary/aromatic N) is 2. The van der Waals surface area contributed by atoms with Gasteiger partial charge in [0.1, 0.15) is 5.75 Å². The summed E-state index contributed by atoms with van der Waals surface area (Å²) >= 11 is 0. The highest BCUT2D eigenvalue weighted by Crippen LogP contribution is 2.36. The van der Waals surface area contributed by atoms with Gasteiger partial charge in [-0.15, -0.1) is 0 Å². The van der Waals surface area contributed by atoms with Gasteiger partial charge in [0.05, 0.1) is 12.6 Å². The number of piperidine rings is 1. The minimum atomic E-state index is -0.0905. The minimum Gasteiger partial charge on any atom is -0.493 e. The number of hydrogen-bond acceptors (Lipinski definition) is 3. The molecule has 1 atom stereocenters. The number of likely N-dealkylation sites (tertiary alicyclic amines) is 1. The normalized spacial score (nSPS) is 19.3. The molecule has 0 saturated carbocycles.